The van der Waals surface area contributed by atoms with E-state index in [0.29, 0.717) is 11.8 Å². The molecule has 20 heavy (non-hydrogen) atoms. The minimum Gasteiger partial charge on any atom is -0.508 e. The largest absolute Gasteiger partial charge is 0.508 e. The van der Waals surface area contributed by atoms with E-state index in [0.717, 1.165) is 32.2 Å². The molecule has 0 saturated heterocycles. The number of fused-ring (bicyclic) bond motifs is 1. The molecule has 3 nitrogen and oxygen atoms in total. The average molecular weight is 277 g/mol. The van der Waals surface area contributed by atoms with Gasteiger partial charge < -0.3 is 15.5 Å². The van der Waals surface area contributed by atoms with Crippen LogP contribution in [-0.2, 0) is 6.42 Å². The van der Waals surface area contributed by atoms with Crippen molar-refractivity contribution in [2.45, 2.75) is 52.0 Å². The molecule has 0 aromatic heterocycles. The Hall–Kier alpha value is -1.06. The van der Waals surface area contributed by atoms with Crippen LogP contribution < -0.4 is 5.32 Å². The molecule has 112 valence electrons. The van der Waals surface area contributed by atoms with Crippen LogP contribution in [0.5, 0.6) is 5.75 Å². The maximum atomic E-state index is 9.59. The van der Waals surface area contributed by atoms with Crippen molar-refractivity contribution in [2.24, 2.45) is 5.41 Å². The highest BCUT2D eigenvalue weighted by Crippen LogP contribution is 2.33. The Morgan fingerprint density at radius 1 is 1.35 bits per heavy atom. The molecule has 0 spiro atoms. The maximum Gasteiger partial charge on any atom is 0.115 e. The predicted molar refractivity (Wildman–Crippen MR) is 81.9 cm³/mol. The number of benzene rings is 1. The van der Waals surface area contributed by atoms with Crippen LogP contribution in [-0.4, -0.2) is 23.4 Å². The van der Waals surface area contributed by atoms with Crippen molar-refractivity contribution in [3.63, 3.8) is 0 Å². The molecule has 0 radical (unpaired) electrons. The second-order valence-corrected chi connectivity index (χ2v) is 6.70. The van der Waals surface area contributed by atoms with Gasteiger partial charge in [0, 0.05) is 19.2 Å². The third kappa shape index (κ3) is 3.97. The first-order chi connectivity index (χ1) is 9.52. The van der Waals surface area contributed by atoms with Crippen molar-refractivity contribution in [2.75, 3.05) is 13.2 Å². The zero-order valence-corrected chi connectivity index (χ0v) is 12.7. The van der Waals surface area contributed by atoms with Crippen LogP contribution in [0.25, 0.3) is 0 Å². The zero-order valence-electron chi connectivity index (χ0n) is 12.7. The quantitative estimate of drug-likeness (QED) is 0.748. The number of rotatable bonds is 6. The summed E-state index contributed by atoms with van der Waals surface area (Å²) in [6.45, 7) is 5.72. The van der Waals surface area contributed by atoms with E-state index in [1.165, 1.54) is 17.5 Å². The highest BCUT2D eigenvalue weighted by atomic mass is 16.3. The minimum atomic E-state index is 0.206. The smallest absolute Gasteiger partial charge is 0.115 e. The lowest BCUT2D eigenvalue weighted by Gasteiger charge is -2.31. The molecule has 1 aliphatic rings. The average Bonchev–Trinajstić information content (AvgIpc) is 2.42. The summed E-state index contributed by atoms with van der Waals surface area (Å²) >= 11 is 0. The van der Waals surface area contributed by atoms with Crippen LogP contribution in [0.4, 0.5) is 0 Å². The molecule has 0 amide bonds. The summed E-state index contributed by atoms with van der Waals surface area (Å²) in [6.07, 6.45) is 5.30. The van der Waals surface area contributed by atoms with Gasteiger partial charge in [0.15, 0.2) is 0 Å². The van der Waals surface area contributed by atoms with Gasteiger partial charge in [-0.05, 0) is 60.8 Å². The molecule has 2 rings (SSSR count). The predicted octanol–water partition coefficient (Wildman–Crippen LogP) is 3.16. The first-order valence-electron chi connectivity index (χ1n) is 7.68. The lowest BCUT2D eigenvalue weighted by Crippen LogP contribution is -2.34. The second-order valence-electron chi connectivity index (χ2n) is 6.70. The normalized spacial score (nSPS) is 18.9. The van der Waals surface area contributed by atoms with Crippen molar-refractivity contribution in [1.29, 1.82) is 0 Å². The molecular formula is C17H27NO2. The second kappa shape index (κ2) is 6.59. The van der Waals surface area contributed by atoms with E-state index in [1.807, 2.05) is 6.07 Å². The summed E-state index contributed by atoms with van der Waals surface area (Å²) < 4.78 is 0. The van der Waals surface area contributed by atoms with Crippen LogP contribution in [0.15, 0.2) is 18.2 Å². The van der Waals surface area contributed by atoms with Gasteiger partial charge in [0.25, 0.3) is 0 Å². The molecule has 1 aromatic rings. The topological polar surface area (TPSA) is 52.5 Å². The zero-order chi connectivity index (χ0) is 14.6. The monoisotopic (exact) mass is 277 g/mol. The molecule has 0 aliphatic heterocycles. The number of phenolic OH excluding ortho intramolecular Hbond substituents is 1. The molecule has 0 fully saturated rings. The molecule has 0 bridgehead atoms. The minimum absolute atomic E-state index is 0.206. The van der Waals surface area contributed by atoms with Crippen molar-refractivity contribution in [3.8, 4) is 5.75 Å². The van der Waals surface area contributed by atoms with E-state index >= 15 is 0 Å². The van der Waals surface area contributed by atoms with Gasteiger partial charge in [0.2, 0.25) is 0 Å². The van der Waals surface area contributed by atoms with E-state index in [4.69, 9.17) is 5.11 Å². The lowest BCUT2D eigenvalue weighted by molar-refractivity contribution is 0.229. The number of nitrogens with one attached hydrogen (secondary N) is 1. The Morgan fingerprint density at radius 2 is 2.15 bits per heavy atom. The summed E-state index contributed by atoms with van der Waals surface area (Å²) in [5, 5.41) is 22.2. The van der Waals surface area contributed by atoms with Gasteiger partial charge in [-0.15, -0.1) is 0 Å². The van der Waals surface area contributed by atoms with Crippen LogP contribution in [0.2, 0.25) is 0 Å². The van der Waals surface area contributed by atoms with Gasteiger partial charge in [-0.25, -0.2) is 0 Å². The van der Waals surface area contributed by atoms with E-state index in [2.05, 4.69) is 25.2 Å². The third-order valence-corrected chi connectivity index (χ3v) is 4.28. The molecular weight excluding hydrogens is 250 g/mol. The molecule has 1 atom stereocenters. The lowest BCUT2D eigenvalue weighted by atomic mass is 9.84. The third-order valence-electron chi connectivity index (χ3n) is 4.28. The summed E-state index contributed by atoms with van der Waals surface area (Å²) in [6, 6.07) is 6.14. The van der Waals surface area contributed by atoms with Gasteiger partial charge in [-0.1, -0.05) is 19.9 Å². The van der Waals surface area contributed by atoms with Gasteiger partial charge in [-0.2, -0.15) is 0 Å². The van der Waals surface area contributed by atoms with Gasteiger partial charge in [0.1, 0.15) is 5.75 Å². The molecule has 1 aromatic carbocycles. The Kier molecular flexibility index (Phi) is 5.06. The molecule has 1 aliphatic carbocycles. The van der Waals surface area contributed by atoms with Gasteiger partial charge in [-0.3, -0.25) is 0 Å². The number of phenols is 1. The van der Waals surface area contributed by atoms with Gasteiger partial charge >= 0.3 is 0 Å². The summed E-state index contributed by atoms with van der Waals surface area (Å²) in [4.78, 5) is 0. The van der Waals surface area contributed by atoms with Crippen molar-refractivity contribution in [1.82, 2.24) is 5.32 Å². The van der Waals surface area contributed by atoms with Crippen LogP contribution in [0.1, 0.15) is 56.7 Å². The van der Waals surface area contributed by atoms with Crippen molar-refractivity contribution in [3.05, 3.63) is 29.3 Å². The Balaban J connectivity index is 1.98. The molecule has 3 N–H and O–H groups in total. The maximum absolute atomic E-state index is 9.59. The first kappa shape index (κ1) is 15.3. The Morgan fingerprint density at radius 3 is 2.90 bits per heavy atom. The first-order valence-corrected chi connectivity index (χ1v) is 7.68. The Labute approximate surface area is 122 Å². The molecule has 3 heteroatoms. The SMILES string of the molecule is CC(C)(CCCO)CNC1CCCc2cc(O)ccc21. The summed E-state index contributed by atoms with van der Waals surface area (Å²) in [5.74, 6) is 0.368. The van der Waals surface area contributed by atoms with Crippen LogP contribution in [0.3, 0.4) is 0 Å². The van der Waals surface area contributed by atoms with E-state index < -0.39 is 0 Å². The van der Waals surface area contributed by atoms with Crippen LogP contribution >= 0.6 is 0 Å². The standard InChI is InChI=1S/C17H27NO2/c1-17(2,9-4-10-19)12-18-16-6-3-5-13-11-14(20)7-8-15(13)16/h7-8,11,16,18-20H,3-6,9-10,12H2,1-2H3. The number of hydrogen-bond donors (Lipinski definition) is 3. The van der Waals surface area contributed by atoms with E-state index in [9.17, 15) is 5.11 Å². The Bertz CT molecular complexity index is 443. The number of aryl methyl sites for hydroxylation is 1. The molecule has 0 saturated carbocycles. The van der Waals surface area contributed by atoms with Crippen molar-refractivity contribution < 1.29 is 10.2 Å². The molecule has 1 unspecified atom stereocenters. The van der Waals surface area contributed by atoms with Gasteiger partial charge in [0.05, 0.1) is 0 Å². The highest BCUT2D eigenvalue weighted by Gasteiger charge is 2.23. The number of aliphatic hydroxyl groups is 1. The summed E-state index contributed by atoms with van der Waals surface area (Å²) in [7, 11) is 0. The highest BCUT2D eigenvalue weighted by molar-refractivity contribution is 5.38. The molecule has 0 heterocycles. The number of hydrogen-bond acceptors (Lipinski definition) is 3. The summed E-state index contributed by atoms with van der Waals surface area (Å²) in [5.41, 5.74) is 2.82. The fourth-order valence-corrected chi connectivity index (χ4v) is 3.06. The van der Waals surface area contributed by atoms with E-state index in [-0.39, 0.29) is 12.0 Å². The fourth-order valence-electron chi connectivity index (χ4n) is 3.06. The fraction of sp³-hybridized carbons (Fsp3) is 0.647. The number of aromatic hydroxyl groups is 1. The number of aliphatic hydroxyl groups excluding tert-OH is 1. The van der Waals surface area contributed by atoms with E-state index in [1.54, 1.807) is 6.07 Å². The van der Waals surface area contributed by atoms with Crippen LogP contribution in [0, 0.1) is 5.41 Å². The van der Waals surface area contributed by atoms with Crippen molar-refractivity contribution >= 4 is 0 Å².